The zero-order valence-corrected chi connectivity index (χ0v) is 27.2. The van der Waals surface area contributed by atoms with E-state index in [0.29, 0.717) is 23.7 Å². The van der Waals surface area contributed by atoms with Crippen molar-refractivity contribution in [1.82, 2.24) is 0 Å². The molecule has 0 saturated carbocycles. The van der Waals surface area contributed by atoms with Crippen molar-refractivity contribution in [2.24, 2.45) is 0 Å². The first-order valence-corrected chi connectivity index (χ1v) is 15.3. The van der Waals surface area contributed by atoms with Crippen LogP contribution in [0.3, 0.4) is 0 Å². The first-order valence-electron chi connectivity index (χ1n) is 13.8. The van der Waals surface area contributed by atoms with Crippen LogP contribution in [-0.2, 0) is 29.3 Å². The van der Waals surface area contributed by atoms with Gasteiger partial charge in [-0.25, -0.2) is 9.59 Å². The Bertz CT molecular complexity index is 1670. The summed E-state index contributed by atoms with van der Waals surface area (Å²) in [4.78, 5) is 23.7. The number of hydrogen-bond donors (Lipinski definition) is 3. The molecule has 0 aliphatic carbocycles. The highest BCUT2D eigenvalue weighted by Gasteiger charge is 2.11. The highest BCUT2D eigenvalue weighted by molar-refractivity contribution is 9.10. The average Bonchev–Trinajstić information content (AvgIpc) is 3.06. The maximum atomic E-state index is 12.1. The summed E-state index contributed by atoms with van der Waals surface area (Å²) in [5, 5.41) is 14.8. The number of carbonyl (C=O) groups excluding carboxylic acids is 2. The summed E-state index contributed by atoms with van der Waals surface area (Å²) in [6.07, 6.45) is -1.14. The van der Waals surface area contributed by atoms with E-state index in [9.17, 15) is 14.7 Å². The van der Waals surface area contributed by atoms with Crippen LogP contribution in [0.2, 0.25) is 0 Å². The van der Waals surface area contributed by atoms with Crippen LogP contribution in [0, 0.1) is 0 Å². The van der Waals surface area contributed by atoms with Gasteiger partial charge in [-0.3, -0.25) is 10.6 Å². The van der Waals surface area contributed by atoms with Crippen molar-refractivity contribution in [3.8, 4) is 11.5 Å². The lowest BCUT2D eigenvalue weighted by Gasteiger charge is -2.13. The summed E-state index contributed by atoms with van der Waals surface area (Å²) in [5.74, 6) is 0.563. The summed E-state index contributed by atoms with van der Waals surface area (Å²) >= 11 is 6.67. The molecule has 2 amide bonds. The summed E-state index contributed by atoms with van der Waals surface area (Å²) in [6, 6.07) is 38.9. The molecule has 0 spiro atoms. The molecule has 0 aliphatic heterocycles. The topological polar surface area (TPSA) is 106 Å². The van der Waals surface area contributed by atoms with Gasteiger partial charge in [0.1, 0.15) is 31.3 Å². The van der Waals surface area contributed by atoms with Gasteiger partial charge in [0.2, 0.25) is 0 Å². The van der Waals surface area contributed by atoms with Gasteiger partial charge in [-0.05, 0) is 53.1 Å². The lowest BCUT2D eigenvalue weighted by atomic mass is 10.2. The monoisotopic (exact) mass is 732 g/mol. The van der Waals surface area contributed by atoms with Crippen LogP contribution in [0.15, 0.2) is 136 Å². The molecule has 0 aromatic heterocycles. The van der Waals surface area contributed by atoms with Gasteiger partial charge in [0, 0.05) is 8.95 Å². The number of carbonyl (C=O) groups is 2. The van der Waals surface area contributed by atoms with E-state index in [2.05, 4.69) is 42.5 Å². The van der Waals surface area contributed by atoms with Gasteiger partial charge in [-0.15, -0.1) is 0 Å². The summed E-state index contributed by atoms with van der Waals surface area (Å²) in [5.41, 5.74) is 3.72. The number of ether oxygens (including phenoxy) is 3. The van der Waals surface area contributed by atoms with E-state index in [1.165, 1.54) is 6.07 Å². The van der Waals surface area contributed by atoms with Crippen molar-refractivity contribution in [3.63, 3.8) is 0 Å². The van der Waals surface area contributed by atoms with E-state index in [1.54, 1.807) is 24.3 Å². The minimum absolute atomic E-state index is 0.0140. The van der Waals surface area contributed by atoms with Gasteiger partial charge in [0.15, 0.2) is 0 Å². The van der Waals surface area contributed by atoms with Gasteiger partial charge in [-0.2, -0.15) is 0 Å². The number of anilines is 2. The Kier molecular flexibility index (Phi) is 12.9. The second-order valence-corrected chi connectivity index (χ2v) is 11.3. The predicted molar refractivity (Wildman–Crippen MR) is 181 cm³/mol. The average molecular weight is 734 g/mol. The van der Waals surface area contributed by atoms with Crippen molar-refractivity contribution in [2.45, 2.75) is 19.8 Å². The molecule has 0 saturated heterocycles. The first kappa shape index (κ1) is 33.1. The number of rotatable bonds is 9. The normalized spacial score (nSPS) is 10.1. The Morgan fingerprint density at radius 2 is 0.978 bits per heavy atom. The fourth-order valence-corrected chi connectivity index (χ4v) is 4.53. The largest absolute Gasteiger partial charge is 0.506 e. The maximum Gasteiger partial charge on any atom is 0.412 e. The highest BCUT2D eigenvalue weighted by Crippen LogP contribution is 2.29. The number of phenolic OH excluding ortho intramolecular Hbond substituents is 1. The van der Waals surface area contributed by atoms with Crippen LogP contribution >= 0.6 is 31.9 Å². The van der Waals surface area contributed by atoms with Crippen molar-refractivity contribution in [1.29, 1.82) is 0 Å². The molecule has 0 fully saturated rings. The Morgan fingerprint density at radius 1 is 0.556 bits per heavy atom. The number of aromatic hydroxyl groups is 1. The molecule has 3 N–H and O–H groups in total. The van der Waals surface area contributed by atoms with Crippen molar-refractivity contribution in [2.75, 3.05) is 10.6 Å². The van der Waals surface area contributed by atoms with E-state index in [1.807, 2.05) is 97.1 Å². The third kappa shape index (κ3) is 11.7. The molecule has 0 heterocycles. The summed E-state index contributed by atoms with van der Waals surface area (Å²) in [6.45, 7) is 0.804. The SMILES string of the molecule is O=C(Nc1cc(Br)ccc1O)OCc1ccccc1.O=C(Nc1cc(Br)ccc1OCc1ccccc1)OCc1ccccc1. The highest BCUT2D eigenvalue weighted by atomic mass is 79.9. The molecule has 8 nitrogen and oxygen atoms in total. The van der Waals surface area contributed by atoms with Gasteiger partial charge >= 0.3 is 12.2 Å². The lowest BCUT2D eigenvalue weighted by Crippen LogP contribution is -2.14. The van der Waals surface area contributed by atoms with Crippen molar-refractivity contribution in [3.05, 3.63) is 153 Å². The molecule has 0 atom stereocenters. The van der Waals surface area contributed by atoms with E-state index >= 15 is 0 Å². The zero-order chi connectivity index (χ0) is 31.9. The zero-order valence-electron chi connectivity index (χ0n) is 24.0. The fraction of sp³-hybridized carbons (Fsp3) is 0.0857. The maximum absolute atomic E-state index is 12.1. The number of amides is 2. The molecule has 230 valence electrons. The molecule has 5 aromatic carbocycles. The number of halogens is 2. The number of hydrogen-bond acceptors (Lipinski definition) is 6. The third-order valence-corrected chi connectivity index (χ3v) is 7.02. The molecule has 0 radical (unpaired) electrons. The summed E-state index contributed by atoms with van der Waals surface area (Å²) < 4.78 is 17.8. The van der Waals surface area contributed by atoms with E-state index < -0.39 is 12.2 Å². The molecule has 5 aromatic rings. The minimum atomic E-state index is -0.614. The standard InChI is InChI=1S/C21H18BrNO3.C14H12BrNO3/c22-18-11-12-20(25-14-16-7-3-1-4-8-16)19(13-18)23-21(24)26-15-17-9-5-2-6-10-17;15-11-6-7-13(17)12(8-11)16-14(18)19-9-10-4-2-1-3-5-10/h1-13H,14-15H2,(H,23,24);1-8,17H,9H2,(H,16,18). The Hall–Kier alpha value is -4.80. The number of nitrogens with one attached hydrogen (secondary N) is 2. The number of benzene rings is 5. The van der Waals surface area contributed by atoms with Crippen LogP contribution in [-0.4, -0.2) is 17.3 Å². The van der Waals surface area contributed by atoms with Gasteiger partial charge in [-0.1, -0.05) is 123 Å². The van der Waals surface area contributed by atoms with Crippen LogP contribution < -0.4 is 15.4 Å². The second-order valence-electron chi connectivity index (χ2n) is 9.45. The van der Waals surface area contributed by atoms with Crippen molar-refractivity contribution >= 4 is 55.4 Å². The molecular weight excluding hydrogens is 704 g/mol. The van der Waals surface area contributed by atoms with E-state index in [4.69, 9.17) is 14.2 Å². The quantitative estimate of drug-likeness (QED) is 0.130. The van der Waals surface area contributed by atoms with Crippen molar-refractivity contribution < 1.29 is 28.9 Å². The van der Waals surface area contributed by atoms with Gasteiger partial charge in [0.05, 0.1) is 11.4 Å². The molecule has 10 heteroatoms. The molecule has 45 heavy (non-hydrogen) atoms. The molecule has 5 rings (SSSR count). The van der Waals surface area contributed by atoms with Crippen LogP contribution in [0.25, 0.3) is 0 Å². The van der Waals surface area contributed by atoms with Gasteiger partial charge in [0.25, 0.3) is 0 Å². The number of phenols is 1. The lowest BCUT2D eigenvalue weighted by molar-refractivity contribution is 0.154. The predicted octanol–water partition coefficient (Wildman–Crippen LogP) is 9.68. The molecular formula is C35H30Br2N2O6. The first-order chi connectivity index (χ1) is 21.9. The van der Waals surface area contributed by atoms with Crippen LogP contribution in [0.5, 0.6) is 11.5 Å². The Balaban J connectivity index is 0.000000215. The summed E-state index contributed by atoms with van der Waals surface area (Å²) in [7, 11) is 0. The van der Waals surface area contributed by atoms with Crippen LogP contribution in [0.4, 0.5) is 21.0 Å². The third-order valence-electron chi connectivity index (χ3n) is 6.04. The molecule has 0 bridgehead atoms. The van der Waals surface area contributed by atoms with E-state index in [-0.39, 0.29) is 19.0 Å². The Labute approximate surface area is 278 Å². The van der Waals surface area contributed by atoms with Crippen LogP contribution in [0.1, 0.15) is 16.7 Å². The second kappa shape index (κ2) is 17.5. The molecule has 0 unspecified atom stereocenters. The minimum Gasteiger partial charge on any atom is -0.506 e. The smallest absolute Gasteiger partial charge is 0.412 e. The van der Waals surface area contributed by atoms with Gasteiger partial charge < -0.3 is 19.3 Å². The Morgan fingerprint density at radius 3 is 1.49 bits per heavy atom. The fourth-order valence-electron chi connectivity index (χ4n) is 3.81. The van der Waals surface area contributed by atoms with E-state index in [0.717, 1.165) is 25.6 Å². The molecule has 0 aliphatic rings.